The highest BCUT2D eigenvalue weighted by atomic mass is 16.5. The molecule has 6 heteroatoms. The molecule has 1 heterocycles. The van der Waals surface area contributed by atoms with E-state index >= 15 is 0 Å². The summed E-state index contributed by atoms with van der Waals surface area (Å²) in [7, 11) is 1.57. The maximum atomic E-state index is 10.9. The van der Waals surface area contributed by atoms with Gasteiger partial charge in [-0.05, 0) is 17.7 Å². The van der Waals surface area contributed by atoms with Crippen LogP contribution in [0.15, 0.2) is 36.7 Å². The van der Waals surface area contributed by atoms with Crippen molar-refractivity contribution in [3.63, 3.8) is 0 Å². The van der Waals surface area contributed by atoms with E-state index in [0.29, 0.717) is 5.75 Å². The maximum Gasteiger partial charge on any atom is 0.360 e. The summed E-state index contributed by atoms with van der Waals surface area (Å²) >= 11 is 0. The maximum absolute atomic E-state index is 10.9. The normalized spacial score (nSPS) is 9.95. The van der Waals surface area contributed by atoms with E-state index in [0.717, 1.165) is 5.56 Å². The van der Waals surface area contributed by atoms with Gasteiger partial charge < -0.3 is 14.6 Å². The second-order valence-corrected chi connectivity index (χ2v) is 3.66. The van der Waals surface area contributed by atoms with Gasteiger partial charge in [-0.2, -0.15) is 0 Å². The first-order chi connectivity index (χ1) is 9.20. The number of methoxy groups -OCH3 is 1. The highest BCUT2D eigenvalue weighted by molar-refractivity contribution is 5.87. The molecule has 1 N–H and O–H groups in total. The first-order valence-electron chi connectivity index (χ1n) is 5.50. The van der Waals surface area contributed by atoms with E-state index in [1.165, 1.54) is 12.4 Å². The topological polar surface area (TPSA) is 81.5 Å². The molecular weight excluding hydrogens is 248 g/mol. The molecule has 0 atom stereocenters. The number of aromatic carboxylic acids is 1. The fourth-order valence-corrected chi connectivity index (χ4v) is 1.49. The Morgan fingerprint density at radius 1 is 1.32 bits per heavy atom. The molecule has 19 heavy (non-hydrogen) atoms. The molecule has 0 saturated heterocycles. The van der Waals surface area contributed by atoms with Crippen LogP contribution in [0.25, 0.3) is 0 Å². The highest BCUT2D eigenvalue weighted by Crippen LogP contribution is 2.16. The zero-order valence-electron chi connectivity index (χ0n) is 10.2. The number of rotatable bonds is 5. The van der Waals surface area contributed by atoms with E-state index in [2.05, 4.69) is 9.97 Å². The Kier molecular flexibility index (Phi) is 3.92. The number of hydrogen-bond donors (Lipinski definition) is 1. The largest absolute Gasteiger partial charge is 0.497 e. The molecule has 0 amide bonds. The monoisotopic (exact) mass is 260 g/mol. The number of nitrogens with zero attached hydrogens (tertiary/aromatic N) is 2. The number of carbonyl (C=O) groups is 1. The fourth-order valence-electron chi connectivity index (χ4n) is 1.49. The van der Waals surface area contributed by atoms with Crippen molar-refractivity contribution >= 4 is 5.97 Å². The molecule has 0 aliphatic heterocycles. The molecule has 1 aromatic carbocycles. The third-order valence-corrected chi connectivity index (χ3v) is 2.38. The minimum Gasteiger partial charge on any atom is -0.497 e. The second-order valence-electron chi connectivity index (χ2n) is 3.66. The molecule has 98 valence electrons. The van der Waals surface area contributed by atoms with Crippen molar-refractivity contribution in [2.24, 2.45) is 0 Å². The summed E-state index contributed by atoms with van der Waals surface area (Å²) in [4.78, 5) is 18.5. The van der Waals surface area contributed by atoms with Gasteiger partial charge in [0.15, 0.2) is 0 Å². The zero-order chi connectivity index (χ0) is 13.7. The van der Waals surface area contributed by atoms with E-state index in [4.69, 9.17) is 14.6 Å². The van der Waals surface area contributed by atoms with Gasteiger partial charge in [-0.25, -0.2) is 14.8 Å². The van der Waals surface area contributed by atoms with Crippen LogP contribution in [0, 0.1) is 0 Å². The molecule has 0 aliphatic rings. The van der Waals surface area contributed by atoms with Crippen LogP contribution in [-0.2, 0) is 6.61 Å². The van der Waals surface area contributed by atoms with Crippen LogP contribution in [0.1, 0.15) is 16.1 Å². The molecule has 0 fully saturated rings. The van der Waals surface area contributed by atoms with Crippen molar-refractivity contribution in [1.82, 2.24) is 9.97 Å². The molecular formula is C13H12N2O4. The summed E-state index contributed by atoms with van der Waals surface area (Å²) in [6.07, 6.45) is 2.69. The third kappa shape index (κ3) is 3.19. The molecule has 2 aromatic rings. The highest BCUT2D eigenvalue weighted by Gasteiger charge is 2.13. The molecule has 2 rings (SSSR count). The Balaban J connectivity index is 2.12. The van der Waals surface area contributed by atoms with E-state index in [-0.39, 0.29) is 18.2 Å². The Morgan fingerprint density at radius 3 is 2.84 bits per heavy atom. The number of ether oxygens (including phenoxy) is 2. The van der Waals surface area contributed by atoms with Crippen molar-refractivity contribution in [2.75, 3.05) is 7.11 Å². The quantitative estimate of drug-likeness (QED) is 0.882. The van der Waals surface area contributed by atoms with Crippen LogP contribution in [0.3, 0.4) is 0 Å². The van der Waals surface area contributed by atoms with Gasteiger partial charge >= 0.3 is 5.97 Å². The van der Waals surface area contributed by atoms with Crippen LogP contribution in [0.5, 0.6) is 11.6 Å². The predicted octanol–water partition coefficient (Wildman–Crippen LogP) is 1.76. The number of benzene rings is 1. The minimum absolute atomic E-state index is 0.00202. The summed E-state index contributed by atoms with van der Waals surface area (Å²) in [5.74, 6) is -0.467. The van der Waals surface area contributed by atoms with E-state index in [1.54, 1.807) is 13.2 Å². The van der Waals surface area contributed by atoms with Gasteiger partial charge in [0.2, 0.25) is 11.6 Å². The van der Waals surface area contributed by atoms with Gasteiger partial charge in [-0.15, -0.1) is 0 Å². The molecule has 6 nitrogen and oxygen atoms in total. The molecule has 0 aliphatic carbocycles. The smallest absolute Gasteiger partial charge is 0.360 e. The minimum atomic E-state index is -1.17. The lowest BCUT2D eigenvalue weighted by Gasteiger charge is -2.08. The third-order valence-electron chi connectivity index (χ3n) is 2.38. The molecule has 0 bridgehead atoms. The lowest BCUT2D eigenvalue weighted by molar-refractivity contribution is 0.0683. The lowest BCUT2D eigenvalue weighted by atomic mass is 10.2. The molecule has 0 unspecified atom stereocenters. The zero-order valence-corrected chi connectivity index (χ0v) is 10.2. The summed E-state index contributed by atoms with van der Waals surface area (Å²) in [6, 6.07) is 7.29. The van der Waals surface area contributed by atoms with Crippen LogP contribution in [-0.4, -0.2) is 28.2 Å². The van der Waals surface area contributed by atoms with Gasteiger partial charge in [0.1, 0.15) is 12.4 Å². The summed E-state index contributed by atoms with van der Waals surface area (Å²) in [5, 5.41) is 8.94. The fraction of sp³-hybridized carbons (Fsp3) is 0.154. The van der Waals surface area contributed by atoms with Crippen LogP contribution in [0.4, 0.5) is 0 Å². The van der Waals surface area contributed by atoms with Gasteiger partial charge in [0, 0.05) is 12.4 Å². The average Bonchev–Trinajstić information content (AvgIpc) is 2.45. The summed E-state index contributed by atoms with van der Waals surface area (Å²) in [6.45, 7) is 0.191. The van der Waals surface area contributed by atoms with Crippen molar-refractivity contribution in [3.8, 4) is 11.6 Å². The number of hydrogen-bond acceptors (Lipinski definition) is 5. The predicted molar refractivity (Wildman–Crippen MR) is 66.3 cm³/mol. The van der Waals surface area contributed by atoms with Crippen molar-refractivity contribution in [2.45, 2.75) is 6.61 Å². The Labute approximate surface area is 109 Å². The van der Waals surface area contributed by atoms with Gasteiger partial charge in [0.25, 0.3) is 0 Å². The lowest BCUT2D eigenvalue weighted by Crippen LogP contribution is -2.07. The Morgan fingerprint density at radius 2 is 2.11 bits per heavy atom. The van der Waals surface area contributed by atoms with Crippen molar-refractivity contribution in [3.05, 3.63) is 47.9 Å². The second kappa shape index (κ2) is 5.81. The van der Waals surface area contributed by atoms with Crippen LogP contribution < -0.4 is 9.47 Å². The number of carboxylic acids is 1. The van der Waals surface area contributed by atoms with Gasteiger partial charge in [-0.1, -0.05) is 12.1 Å². The number of aromatic nitrogens is 2. The first kappa shape index (κ1) is 12.8. The standard InChI is InChI=1S/C13H12N2O4/c1-18-10-4-2-3-9(7-10)8-19-12-11(13(16)17)14-5-6-15-12/h2-7H,8H2,1H3,(H,16,17). The molecule has 0 saturated carbocycles. The van der Waals surface area contributed by atoms with Crippen LogP contribution >= 0.6 is 0 Å². The molecule has 0 spiro atoms. The Bertz CT molecular complexity index is 586. The SMILES string of the molecule is COc1cccc(COc2nccnc2C(=O)O)c1. The Hall–Kier alpha value is -2.63. The van der Waals surface area contributed by atoms with E-state index in [1.807, 2.05) is 18.2 Å². The van der Waals surface area contributed by atoms with E-state index < -0.39 is 5.97 Å². The summed E-state index contributed by atoms with van der Waals surface area (Å²) in [5.41, 5.74) is 0.645. The molecule has 0 radical (unpaired) electrons. The van der Waals surface area contributed by atoms with E-state index in [9.17, 15) is 4.79 Å². The average molecular weight is 260 g/mol. The number of carboxylic acid groups (broad SMARTS) is 1. The van der Waals surface area contributed by atoms with Gasteiger partial charge in [0.05, 0.1) is 7.11 Å². The summed E-state index contributed by atoms with van der Waals surface area (Å²) < 4.78 is 10.5. The van der Waals surface area contributed by atoms with Gasteiger partial charge in [-0.3, -0.25) is 0 Å². The molecule has 1 aromatic heterocycles. The van der Waals surface area contributed by atoms with Crippen molar-refractivity contribution in [1.29, 1.82) is 0 Å². The van der Waals surface area contributed by atoms with Crippen molar-refractivity contribution < 1.29 is 19.4 Å². The van der Waals surface area contributed by atoms with Crippen LogP contribution in [0.2, 0.25) is 0 Å². The first-order valence-corrected chi connectivity index (χ1v) is 5.50.